The highest BCUT2D eigenvalue weighted by Gasteiger charge is 2.20. The molecule has 0 spiro atoms. The molecule has 1 aromatic carbocycles. The smallest absolute Gasteiger partial charge is 0.332 e. The molecule has 0 radical (unpaired) electrons. The van der Waals surface area contributed by atoms with Crippen molar-refractivity contribution < 1.29 is 4.79 Å². The van der Waals surface area contributed by atoms with Crippen LogP contribution in [-0.2, 0) is 20.6 Å². The summed E-state index contributed by atoms with van der Waals surface area (Å²) >= 11 is 3.39. The minimum absolute atomic E-state index is 0.0594. The zero-order valence-corrected chi connectivity index (χ0v) is 17.3. The Hall–Kier alpha value is -2.68. The molecule has 9 heteroatoms. The molecule has 0 N–H and O–H groups in total. The first kappa shape index (κ1) is 18.7. The molecule has 0 atom stereocenters. The van der Waals surface area contributed by atoms with Gasteiger partial charge >= 0.3 is 5.69 Å². The molecule has 146 valence electrons. The number of halogens is 1. The fraction of sp³-hybridized carbons (Fsp3) is 0.368. The first-order chi connectivity index (χ1) is 13.4. The molecule has 4 rings (SSSR count). The Morgan fingerprint density at radius 3 is 2.36 bits per heavy atom. The van der Waals surface area contributed by atoms with Crippen molar-refractivity contribution in [3.63, 3.8) is 0 Å². The number of aryl methyl sites for hydroxylation is 1. The molecule has 3 aromatic rings. The van der Waals surface area contributed by atoms with Crippen LogP contribution in [0.5, 0.6) is 0 Å². The summed E-state index contributed by atoms with van der Waals surface area (Å²) in [5, 5.41) is 0. The number of fused-ring (bicyclic) bond motifs is 1. The van der Waals surface area contributed by atoms with E-state index in [9.17, 15) is 14.4 Å². The molecule has 1 fully saturated rings. The summed E-state index contributed by atoms with van der Waals surface area (Å²) < 4.78 is 4.71. The van der Waals surface area contributed by atoms with Gasteiger partial charge in [0.1, 0.15) is 0 Å². The van der Waals surface area contributed by atoms with Gasteiger partial charge in [0.15, 0.2) is 15.9 Å². The topological polar surface area (TPSA) is 82.1 Å². The molecule has 0 unspecified atom stereocenters. The van der Waals surface area contributed by atoms with E-state index in [1.165, 1.54) is 11.6 Å². The van der Waals surface area contributed by atoms with Crippen LogP contribution in [0.1, 0.15) is 28.8 Å². The van der Waals surface area contributed by atoms with Gasteiger partial charge in [-0.05, 0) is 46.5 Å². The van der Waals surface area contributed by atoms with Crippen molar-refractivity contribution in [1.29, 1.82) is 0 Å². The van der Waals surface area contributed by atoms with Gasteiger partial charge in [0.05, 0.1) is 6.54 Å². The number of hydrogen-bond donors (Lipinski definition) is 0. The van der Waals surface area contributed by atoms with Crippen molar-refractivity contribution in [2.45, 2.75) is 19.4 Å². The number of likely N-dealkylation sites (tertiary alicyclic amines) is 1. The van der Waals surface area contributed by atoms with Gasteiger partial charge in [-0.2, -0.15) is 0 Å². The number of carbonyl (C=O) groups excluding carboxylic acids is 1. The first-order valence-corrected chi connectivity index (χ1v) is 9.87. The molecule has 1 aliphatic rings. The molecule has 8 nitrogen and oxygen atoms in total. The van der Waals surface area contributed by atoms with Gasteiger partial charge < -0.3 is 4.90 Å². The Kier molecular flexibility index (Phi) is 4.70. The number of carbonyl (C=O) groups is 1. The van der Waals surface area contributed by atoms with Gasteiger partial charge in [0.2, 0.25) is 0 Å². The maximum atomic E-state index is 12.5. The number of rotatable bonds is 3. The number of benzene rings is 1. The van der Waals surface area contributed by atoms with Crippen LogP contribution in [0.15, 0.2) is 38.6 Å². The minimum Gasteiger partial charge on any atom is -0.339 e. The molecule has 0 aliphatic carbocycles. The van der Waals surface area contributed by atoms with Gasteiger partial charge in [0, 0.05) is 32.7 Å². The molecule has 1 amide bonds. The molecule has 1 saturated heterocycles. The van der Waals surface area contributed by atoms with E-state index < -0.39 is 11.2 Å². The second kappa shape index (κ2) is 7.05. The monoisotopic (exact) mass is 445 g/mol. The van der Waals surface area contributed by atoms with Crippen molar-refractivity contribution in [3.05, 3.63) is 61.0 Å². The van der Waals surface area contributed by atoms with Crippen LogP contribution in [0.3, 0.4) is 0 Å². The van der Waals surface area contributed by atoms with Crippen molar-refractivity contribution in [2.24, 2.45) is 14.1 Å². The second-order valence-corrected chi connectivity index (χ2v) is 7.75. The third-order valence-corrected chi connectivity index (χ3v) is 5.83. The number of amides is 1. The van der Waals surface area contributed by atoms with Crippen LogP contribution in [0.2, 0.25) is 0 Å². The van der Waals surface area contributed by atoms with E-state index in [2.05, 4.69) is 20.9 Å². The van der Waals surface area contributed by atoms with Crippen LogP contribution in [0.25, 0.3) is 11.2 Å². The summed E-state index contributed by atoms with van der Waals surface area (Å²) in [4.78, 5) is 43.3. The van der Waals surface area contributed by atoms with E-state index in [1.807, 2.05) is 29.2 Å². The number of imidazole rings is 1. The molecular formula is C19H20BrN5O3. The Bertz CT molecular complexity index is 1180. The molecule has 1 aliphatic heterocycles. The lowest BCUT2D eigenvalue weighted by molar-refractivity contribution is 0.0793. The minimum atomic E-state index is -0.427. The van der Waals surface area contributed by atoms with Gasteiger partial charge in [-0.15, -0.1) is 0 Å². The molecule has 3 heterocycles. The zero-order valence-electron chi connectivity index (χ0n) is 15.7. The van der Waals surface area contributed by atoms with Crippen molar-refractivity contribution in [1.82, 2.24) is 23.6 Å². The predicted octanol–water partition coefficient (Wildman–Crippen LogP) is 1.48. The SMILES string of the molecule is Cn1c(=O)c2nc(Br)n(Cc3ccc(C(=O)N4CCCC4)cc3)c2n(C)c1=O. The third-order valence-electron chi connectivity index (χ3n) is 5.23. The lowest BCUT2D eigenvalue weighted by Gasteiger charge is -2.15. The predicted molar refractivity (Wildman–Crippen MR) is 109 cm³/mol. The Balaban J connectivity index is 1.69. The molecule has 0 saturated carbocycles. The van der Waals surface area contributed by atoms with Crippen molar-refractivity contribution in [3.8, 4) is 0 Å². The van der Waals surface area contributed by atoms with Gasteiger partial charge in [-0.25, -0.2) is 9.78 Å². The molecular weight excluding hydrogens is 426 g/mol. The van der Waals surface area contributed by atoms with E-state index in [0.29, 0.717) is 22.5 Å². The van der Waals surface area contributed by atoms with E-state index in [1.54, 1.807) is 11.6 Å². The quantitative estimate of drug-likeness (QED) is 0.571. The summed E-state index contributed by atoms with van der Waals surface area (Å²) in [5.74, 6) is 0.0594. The van der Waals surface area contributed by atoms with E-state index in [-0.39, 0.29) is 11.4 Å². The second-order valence-electron chi connectivity index (χ2n) is 7.04. The number of nitrogens with zero attached hydrogens (tertiary/aromatic N) is 5. The number of hydrogen-bond acceptors (Lipinski definition) is 4. The van der Waals surface area contributed by atoms with E-state index >= 15 is 0 Å². The highest BCUT2D eigenvalue weighted by atomic mass is 79.9. The normalized spacial score (nSPS) is 14.2. The van der Waals surface area contributed by atoms with Crippen LogP contribution < -0.4 is 11.2 Å². The van der Waals surface area contributed by atoms with E-state index in [0.717, 1.165) is 36.1 Å². The maximum absolute atomic E-state index is 12.5. The molecule has 0 bridgehead atoms. The van der Waals surface area contributed by atoms with Crippen molar-refractivity contribution in [2.75, 3.05) is 13.1 Å². The largest absolute Gasteiger partial charge is 0.339 e. The maximum Gasteiger partial charge on any atom is 0.332 e. The van der Waals surface area contributed by atoms with Crippen LogP contribution in [0, 0.1) is 0 Å². The van der Waals surface area contributed by atoms with Crippen LogP contribution in [-0.4, -0.2) is 42.6 Å². The highest BCUT2D eigenvalue weighted by Crippen LogP contribution is 2.19. The summed E-state index contributed by atoms with van der Waals surface area (Å²) in [6.45, 7) is 2.05. The van der Waals surface area contributed by atoms with Crippen LogP contribution in [0.4, 0.5) is 0 Å². The lowest BCUT2D eigenvalue weighted by atomic mass is 10.1. The van der Waals surface area contributed by atoms with Crippen LogP contribution >= 0.6 is 15.9 Å². The standard InChI is InChI=1S/C19H20BrN5O3/c1-22-15-14(17(27)23(2)19(22)28)21-18(20)25(15)11-12-5-7-13(8-6-12)16(26)24-9-3-4-10-24/h5-8H,3-4,9-11H2,1-2H3. The summed E-state index contributed by atoms with van der Waals surface area (Å²) in [5.41, 5.74) is 1.46. The fourth-order valence-corrected chi connectivity index (χ4v) is 4.11. The van der Waals surface area contributed by atoms with E-state index in [4.69, 9.17) is 0 Å². The lowest BCUT2D eigenvalue weighted by Crippen LogP contribution is -2.37. The number of aromatic nitrogens is 4. The summed E-state index contributed by atoms with van der Waals surface area (Å²) in [6, 6.07) is 7.42. The molecule has 2 aromatic heterocycles. The fourth-order valence-electron chi connectivity index (χ4n) is 3.64. The summed E-state index contributed by atoms with van der Waals surface area (Å²) in [6.07, 6.45) is 2.12. The van der Waals surface area contributed by atoms with Crippen molar-refractivity contribution >= 4 is 33.0 Å². The molecule has 28 heavy (non-hydrogen) atoms. The Morgan fingerprint density at radius 1 is 1.07 bits per heavy atom. The average Bonchev–Trinajstić information content (AvgIpc) is 3.34. The van der Waals surface area contributed by atoms with Gasteiger partial charge in [-0.1, -0.05) is 12.1 Å². The Labute approximate surface area is 169 Å². The highest BCUT2D eigenvalue weighted by molar-refractivity contribution is 9.10. The third kappa shape index (κ3) is 2.99. The first-order valence-electron chi connectivity index (χ1n) is 9.08. The average molecular weight is 446 g/mol. The zero-order chi connectivity index (χ0) is 20.0. The Morgan fingerprint density at radius 2 is 1.71 bits per heavy atom. The summed E-state index contributed by atoms with van der Waals surface area (Å²) in [7, 11) is 3.06. The van der Waals surface area contributed by atoms with Gasteiger partial charge in [0.25, 0.3) is 11.5 Å². The van der Waals surface area contributed by atoms with Gasteiger partial charge in [-0.3, -0.25) is 23.3 Å².